The van der Waals surface area contributed by atoms with Crippen molar-refractivity contribution in [1.29, 1.82) is 0 Å². The molecule has 1 atom stereocenters. The monoisotopic (exact) mass is 232 g/mol. The lowest BCUT2D eigenvalue weighted by molar-refractivity contribution is -0.702. The molecular formula is C13H18N3O+. The van der Waals surface area contributed by atoms with Crippen LogP contribution < -0.4 is 10.9 Å². The Labute approximate surface area is 100 Å². The fourth-order valence-corrected chi connectivity index (χ4v) is 1.71. The van der Waals surface area contributed by atoms with Gasteiger partial charge in [-0.1, -0.05) is 19.1 Å². The maximum atomic E-state index is 11.8. The summed E-state index contributed by atoms with van der Waals surface area (Å²) in [7, 11) is 0. The van der Waals surface area contributed by atoms with Gasteiger partial charge in [0, 0.05) is 0 Å². The first-order valence-electron chi connectivity index (χ1n) is 6.02. The molecule has 0 spiro atoms. The molecule has 0 unspecified atom stereocenters. The van der Waals surface area contributed by atoms with Crippen LogP contribution in [0, 0.1) is 0 Å². The van der Waals surface area contributed by atoms with Gasteiger partial charge in [-0.15, -0.1) is 0 Å². The van der Waals surface area contributed by atoms with Crippen LogP contribution in [-0.4, -0.2) is 16.0 Å². The van der Waals surface area contributed by atoms with Gasteiger partial charge >= 0.3 is 0 Å². The molecule has 90 valence electrons. The molecule has 2 aromatic rings. The largest absolute Gasteiger partial charge is 0.338 e. The van der Waals surface area contributed by atoms with Gasteiger partial charge in [-0.3, -0.25) is 4.79 Å². The zero-order valence-corrected chi connectivity index (χ0v) is 10.2. The van der Waals surface area contributed by atoms with Gasteiger partial charge in [-0.25, -0.2) is 4.98 Å². The lowest BCUT2D eigenvalue weighted by Crippen LogP contribution is -2.87. The standard InChI is InChI=1S/C13H17N3O/c1-3-9(2)14-8-12-15-11-7-5-4-6-10(11)13(17)16-12/h4-7,9,14H,3,8H2,1-2H3,(H,15,16,17)/p+1/t9-/m0/s1. The molecule has 4 heteroatoms. The van der Waals surface area contributed by atoms with Crippen LogP contribution in [0.5, 0.6) is 0 Å². The van der Waals surface area contributed by atoms with Crippen LogP contribution in [0.25, 0.3) is 10.9 Å². The van der Waals surface area contributed by atoms with Crippen molar-refractivity contribution in [3.05, 3.63) is 40.4 Å². The quantitative estimate of drug-likeness (QED) is 0.818. The lowest BCUT2D eigenvalue weighted by Gasteiger charge is -2.07. The van der Waals surface area contributed by atoms with E-state index in [2.05, 4.69) is 29.1 Å². The molecule has 3 N–H and O–H groups in total. The number of aromatic nitrogens is 2. The number of aromatic amines is 1. The second kappa shape index (κ2) is 5.10. The van der Waals surface area contributed by atoms with Gasteiger partial charge in [0.25, 0.3) is 5.56 Å². The normalized spacial score (nSPS) is 12.8. The first kappa shape index (κ1) is 11.8. The Bertz CT molecular complexity index is 562. The van der Waals surface area contributed by atoms with Crippen LogP contribution >= 0.6 is 0 Å². The zero-order valence-electron chi connectivity index (χ0n) is 10.2. The van der Waals surface area contributed by atoms with Crippen molar-refractivity contribution in [3.63, 3.8) is 0 Å². The number of hydrogen-bond donors (Lipinski definition) is 2. The summed E-state index contributed by atoms with van der Waals surface area (Å²) >= 11 is 0. The third-order valence-corrected chi connectivity index (χ3v) is 3.02. The molecule has 0 aliphatic heterocycles. The number of H-pyrrole nitrogens is 1. The van der Waals surface area contributed by atoms with E-state index in [-0.39, 0.29) is 5.56 Å². The minimum Gasteiger partial charge on any atom is -0.338 e. The highest BCUT2D eigenvalue weighted by Gasteiger charge is 2.06. The number of fused-ring (bicyclic) bond motifs is 1. The van der Waals surface area contributed by atoms with Crippen molar-refractivity contribution in [2.24, 2.45) is 0 Å². The Morgan fingerprint density at radius 1 is 1.41 bits per heavy atom. The Kier molecular flexibility index (Phi) is 3.54. The maximum Gasteiger partial charge on any atom is 0.258 e. The first-order valence-corrected chi connectivity index (χ1v) is 6.02. The number of nitrogens with two attached hydrogens (primary N) is 1. The van der Waals surface area contributed by atoms with Crippen LogP contribution in [0.3, 0.4) is 0 Å². The highest BCUT2D eigenvalue weighted by atomic mass is 16.1. The lowest BCUT2D eigenvalue weighted by atomic mass is 10.2. The third kappa shape index (κ3) is 2.71. The summed E-state index contributed by atoms with van der Waals surface area (Å²) in [6, 6.07) is 7.97. The summed E-state index contributed by atoms with van der Waals surface area (Å²) in [6.45, 7) is 5.03. The van der Waals surface area contributed by atoms with E-state index in [0.29, 0.717) is 11.4 Å². The number of rotatable bonds is 4. The smallest absolute Gasteiger partial charge is 0.258 e. The Morgan fingerprint density at radius 3 is 2.94 bits per heavy atom. The highest BCUT2D eigenvalue weighted by molar-refractivity contribution is 5.77. The fourth-order valence-electron chi connectivity index (χ4n) is 1.71. The van der Waals surface area contributed by atoms with Crippen molar-refractivity contribution < 1.29 is 5.32 Å². The van der Waals surface area contributed by atoms with Crippen LogP contribution in [0.2, 0.25) is 0 Å². The van der Waals surface area contributed by atoms with Crippen LogP contribution in [0.4, 0.5) is 0 Å². The maximum absolute atomic E-state index is 11.8. The van der Waals surface area contributed by atoms with Crippen LogP contribution in [0.15, 0.2) is 29.1 Å². The second-order valence-electron chi connectivity index (χ2n) is 4.36. The molecule has 0 fully saturated rings. The van der Waals surface area contributed by atoms with Gasteiger partial charge in [0.2, 0.25) is 0 Å². The molecule has 0 amide bonds. The molecule has 0 saturated carbocycles. The van der Waals surface area contributed by atoms with Gasteiger partial charge in [-0.2, -0.15) is 0 Å². The summed E-state index contributed by atoms with van der Waals surface area (Å²) in [6.07, 6.45) is 1.11. The minimum atomic E-state index is -0.0526. The third-order valence-electron chi connectivity index (χ3n) is 3.02. The van der Waals surface area contributed by atoms with E-state index in [9.17, 15) is 4.79 Å². The fraction of sp³-hybridized carbons (Fsp3) is 0.385. The van der Waals surface area contributed by atoms with Gasteiger partial charge in [0.15, 0.2) is 5.82 Å². The van der Waals surface area contributed by atoms with Crippen molar-refractivity contribution in [2.75, 3.05) is 0 Å². The molecule has 0 bridgehead atoms. The Hall–Kier alpha value is -1.68. The van der Waals surface area contributed by atoms with Crippen molar-refractivity contribution in [2.45, 2.75) is 32.9 Å². The van der Waals surface area contributed by atoms with E-state index in [0.717, 1.165) is 24.3 Å². The molecular weight excluding hydrogens is 214 g/mol. The molecule has 4 nitrogen and oxygen atoms in total. The van der Waals surface area contributed by atoms with Crippen molar-refractivity contribution in [3.8, 4) is 0 Å². The van der Waals surface area contributed by atoms with Crippen molar-refractivity contribution >= 4 is 10.9 Å². The molecule has 0 radical (unpaired) electrons. The average molecular weight is 232 g/mol. The van der Waals surface area contributed by atoms with Gasteiger partial charge in [0.05, 0.1) is 16.9 Å². The predicted octanol–water partition coefficient (Wildman–Crippen LogP) is 0.785. The van der Waals surface area contributed by atoms with E-state index < -0.39 is 0 Å². The van der Waals surface area contributed by atoms with E-state index in [1.807, 2.05) is 18.2 Å². The molecule has 0 aliphatic carbocycles. The molecule has 17 heavy (non-hydrogen) atoms. The number of quaternary nitrogens is 1. The van der Waals surface area contributed by atoms with E-state index in [4.69, 9.17) is 0 Å². The number of para-hydroxylation sites is 1. The number of nitrogens with zero attached hydrogens (tertiary/aromatic N) is 1. The molecule has 0 aliphatic rings. The summed E-state index contributed by atoms with van der Waals surface area (Å²) in [5.74, 6) is 0.744. The number of hydrogen-bond acceptors (Lipinski definition) is 2. The Balaban J connectivity index is 2.28. The Morgan fingerprint density at radius 2 is 2.18 bits per heavy atom. The summed E-state index contributed by atoms with van der Waals surface area (Å²) in [5.41, 5.74) is 0.715. The first-order chi connectivity index (χ1) is 8.20. The van der Waals surface area contributed by atoms with Gasteiger partial charge in [-0.05, 0) is 25.5 Å². The number of benzene rings is 1. The molecule has 1 heterocycles. The predicted molar refractivity (Wildman–Crippen MR) is 67.7 cm³/mol. The van der Waals surface area contributed by atoms with E-state index >= 15 is 0 Å². The molecule has 1 aromatic carbocycles. The van der Waals surface area contributed by atoms with Crippen LogP contribution in [0.1, 0.15) is 26.1 Å². The topological polar surface area (TPSA) is 62.4 Å². The van der Waals surface area contributed by atoms with Crippen molar-refractivity contribution in [1.82, 2.24) is 9.97 Å². The molecule has 0 saturated heterocycles. The SMILES string of the molecule is CC[C@H](C)[NH2+]Cc1nc2ccccc2c(=O)[nH]1. The summed E-state index contributed by atoms with van der Waals surface area (Å²) < 4.78 is 0. The molecule has 1 aromatic heterocycles. The number of nitrogens with one attached hydrogen (secondary N) is 1. The van der Waals surface area contributed by atoms with E-state index in [1.165, 1.54) is 0 Å². The van der Waals surface area contributed by atoms with Crippen LogP contribution in [-0.2, 0) is 6.54 Å². The minimum absolute atomic E-state index is 0.0526. The van der Waals surface area contributed by atoms with Gasteiger partial charge < -0.3 is 10.3 Å². The second-order valence-corrected chi connectivity index (χ2v) is 4.36. The van der Waals surface area contributed by atoms with E-state index in [1.54, 1.807) is 6.07 Å². The zero-order chi connectivity index (χ0) is 12.3. The highest BCUT2D eigenvalue weighted by Crippen LogP contribution is 2.04. The molecule has 2 rings (SSSR count). The average Bonchev–Trinajstić information content (AvgIpc) is 2.36. The summed E-state index contributed by atoms with van der Waals surface area (Å²) in [5, 5.41) is 2.84. The van der Waals surface area contributed by atoms with Gasteiger partial charge in [0.1, 0.15) is 6.54 Å². The summed E-state index contributed by atoms with van der Waals surface area (Å²) in [4.78, 5) is 19.1.